The summed E-state index contributed by atoms with van der Waals surface area (Å²) in [5, 5.41) is 0.778. The van der Waals surface area contributed by atoms with E-state index in [2.05, 4.69) is 12.1 Å². The van der Waals surface area contributed by atoms with Crippen molar-refractivity contribution in [3.05, 3.63) is 46.5 Å². The second kappa shape index (κ2) is 4.63. The molecule has 15 heavy (non-hydrogen) atoms. The van der Waals surface area contributed by atoms with Gasteiger partial charge in [0.25, 0.3) is 0 Å². The van der Waals surface area contributed by atoms with E-state index in [9.17, 15) is 4.79 Å². The quantitative estimate of drug-likeness (QED) is 0.697. The third-order valence-electron chi connectivity index (χ3n) is 2.66. The van der Waals surface area contributed by atoms with Crippen LogP contribution in [0.15, 0.2) is 35.9 Å². The number of carbonyl (C=O) groups excluding carboxylic acids is 1. The Morgan fingerprint density at radius 1 is 1.27 bits per heavy atom. The highest BCUT2D eigenvalue weighted by Gasteiger charge is 2.10. The second-order valence-corrected chi connectivity index (χ2v) is 4.35. The predicted molar refractivity (Wildman–Crippen MR) is 62.1 cm³/mol. The molecule has 0 fully saturated rings. The second-order valence-electron chi connectivity index (χ2n) is 3.91. The minimum absolute atomic E-state index is 0.352. The minimum atomic E-state index is 0.352. The number of benzene rings is 1. The lowest BCUT2D eigenvalue weighted by Gasteiger charge is -2.12. The van der Waals surface area contributed by atoms with E-state index in [0.717, 1.165) is 17.9 Å². The molecule has 1 aromatic rings. The van der Waals surface area contributed by atoms with E-state index in [-0.39, 0.29) is 0 Å². The first kappa shape index (κ1) is 10.4. The summed E-state index contributed by atoms with van der Waals surface area (Å²) in [6.45, 7) is 0. The van der Waals surface area contributed by atoms with E-state index < -0.39 is 0 Å². The molecule has 1 nitrogen and oxygen atoms in total. The van der Waals surface area contributed by atoms with Gasteiger partial charge in [-0.1, -0.05) is 35.4 Å². The van der Waals surface area contributed by atoms with Crippen LogP contribution in [0.25, 0.3) is 0 Å². The fourth-order valence-corrected chi connectivity index (χ4v) is 2.04. The summed E-state index contributed by atoms with van der Waals surface area (Å²) in [4.78, 5) is 11.0. The van der Waals surface area contributed by atoms with Crippen LogP contribution in [0.1, 0.15) is 24.8 Å². The first-order chi connectivity index (χ1) is 7.24. The molecule has 0 unspecified atom stereocenters. The molecule has 0 amide bonds. The van der Waals surface area contributed by atoms with Gasteiger partial charge in [0.05, 0.1) is 0 Å². The number of carbonyl (C=O) groups is 1. The van der Waals surface area contributed by atoms with Gasteiger partial charge < -0.3 is 0 Å². The predicted octanol–water partition coefficient (Wildman–Crippen LogP) is 3.56. The number of allylic oxidation sites excluding steroid dienone is 2. The SMILES string of the molecule is O=C1CC=C(Cc2cccc(Cl)c2)CC1. The lowest BCUT2D eigenvalue weighted by molar-refractivity contribution is -0.118. The lowest BCUT2D eigenvalue weighted by atomic mass is 9.93. The van der Waals surface area contributed by atoms with Crippen LogP contribution in [0.5, 0.6) is 0 Å². The number of Topliss-reactive ketones (excluding diaryl/α,β-unsaturated/α-hetero) is 1. The summed E-state index contributed by atoms with van der Waals surface area (Å²) in [5.41, 5.74) is 2.58. The molecule has 78 valence electrons. The Kier molecular flexibility index (Phi) is 3.22. The summed E-state index contributed by atoms with van der Waals surface area (Å²) in [6, 6.07) is 7.90. The van der Waals surface area contributed by atoms with E-state index in [4.69, 9.17) is 11.6 Å². The molecule has 0 spiro atoms. The Bertz CT molecular complexity index is 407. The van der Waals surface area contributed by atoms with E-state index in [1.54, 1.807) is 0 Å². The zero-order valence-electron chi connectivity index (χ0n) is 8.50. The molecule has 1 aliphatic rings. The Labute approximate surface area is 94.8 Å². The molecule has 0 heterocycles. The van der Waals surface area contributed by atoms with Crippen molar-refractivity contribution in [2.75, 3.05) is 0 Å². The topological polar surface area (TPSA) is 17.1 Å². The van der Waals surface area contributed by atoms with Crippen LogP contribution in [0.2, 0.25) is 5.02 Å². The summed E-state index contributed by atoms with van der Waals surface area (Å²) in [7, 11) is 0. The maximum atomic E-state index is 11.0. The van der Waals surface area contributed by atoms with E-state index in [1.165, 1.54) is 11.1 Å². The normalized spacial score (nSPS) is 16.3. The minimum Gasteiger partial charge on any atom is -0.299 e. The molecule has 1 aromatic carbocycles. The van der Waals surface area contributed by atoms with Gasteiger partial charge in [-0.15, -0.1) is 0 Å². The van der Waals surface area contributed by atoms with Crippen LogP contribution in [0, 0.1) is 0 Å². The van der Waals surface area contributed by atoms with Crippen molar-refractivity contribution >= 4 is 17.4 Å². The maximum absolute atomic E-state index is 11.0. The largest absolute Gasteiger partial charge is 0.299 e. The van der Waals surface area contributed by atoms with Crippen molar-refractivity contribution in [1.82, 2.24) is 0 Å². The molecular weight excluding hydrogens is 208 g/mol. The molecule has 0 saturated heterocycles. The van der Waals surface area contributed by atoms with Gasteiger partial charge >= 0.3 is 0 Å². The highest BCUT2D eigenvalue weighted by atomic mass is 35.5. The average Bonchev–Trinajstić information content (AvgIpc) is 2.22. The molecule has 0 radical (unpaired) electrons. The van der Waals surface area contributed by atoms with Crippen LogP contribution in [-0.2, 0) is 11.2 Å². The van der Waals surface area contributed by atoms with Gasteiger partial charge in [0.1, 0.15) is 5.78 Å². The molecule has 0 atom stereocenters. The van der Waals surface area contributed by atoms with Crippen LogP contribution in [-0.4, -0.2) is 5.78 Å². The summed E-state index contributed by atoms with van der Waals surface area (Å²) in [6.07, 6.45) is 5.20. The molecule has 2 rings (SSSR count). The number of hydrogen-bond donors (Lipinski definition) is 0. The number of hydrogen-bond acceptors (Lipinski definition) is 1. The fraction of sp³-hybridized carbons (Fsp3) is 0.308. The van der Waals surface area contributed by atoms with Crippen molar-refractivity contribution in [2.24, 2.45) is 0 Å². The van der Waals surface area contributed by atoms with Gasteiger partial charge in [-0.2, -0.15) is 0 Å². The van der Waals surface area contributed by atoms with Gasteiger partial charge in [-0.3, -0.25) is 4.79 Å². The van der Waals surface area contributed by atoms with E-state index >= 15 is 0 Å². The molecule has 0 aromatic heterocycles. The van der Waals surface area contributed by atoms with Crippen molar-refractivity contribution in [2.45, 2.75) is 25.7 Å². The number of rotatable bonds is 2. The molecule has 1 aliphatic carbocycles. The Morgan fingerprint density at radius 3 is 2.80 bits per heavy atom. The van der Waals surface area contributed by atoms with E-state index in [0.29, 0.717) is 18.6 Å². The zero-order valence-corrected chi connectivity index (χ0v) is 9.26. The lowest BCUT2D eigenvalue weighted by Crippen LogP contribution is -2.05. The highest BCUT2D eigenvalue weighted by Crippen LogP contribution is 2.20. The molecular formula is C13H13ClO. The Balaban J connectivity index is 2.06. The fourth-order valence-electron chi connectivity index (χ4n) is 1.83. The third kappa shape index (κ3) is 2.93. The average molecular weight is 221 g/mol. The number of ketones is 1. The first-order valence-electron chi connectivity index (χ1n) is 5.18. The van der Waals surface area contributed by atoms with Crippen LogP contribution in [0.4, 0.5) is 0 Å². The first-order valence-corrected chi connectivity index (χ1v) is 5.56. The summed E-state index contributed by atoms with van der Waals surface area (Å²) in [5.74, 6) is 0.352. The molecule has 2 heteroatoms. The Hall–Kier alpha value is -1.08. The van der Waals surface area contributed by atoms with Gasteiger partial charge in [0.15, 0.2) is 0 Å². The van der Waals surface area contributed by atoms with Gasteiger partial charge in [0.2, 0.25) is 0 Å². The van der Waals surface area contributed by atoms with Gasteiger partial charge in [0, 0.05) is 17.9 Å². The van der Waals surface area contributed by atoms with Crippen molar-refractivity contribution in [3.8, 4) is 0 Å². The van der Waals surface area contributed by atoms with E-state index in [1.807, 2.05) is 18.2 Å². The summed E-state index contributed by atoms with van der Waals surface area (Å²) < 4.78 is 0. The van der Waals surface area contributed by atoms with Crippen molar-refractivity contribution < 1.29 is 4.79 Å². The van der Waals surface area contributed by atoms with Gasteiger partial charge in [-0.25, -0.2) is 0 Å². The molecule has 0 N–H and O–H groups in total. The van der Waals surface area contributed by atoms with Crippen LogP contribution in [0.3, 0.4) is 0 Å². The molecule has 0 aliphatic heterocycles. The molecule has 0 bridgehead atoms. The zero-order chi connectivity index (χ0) is 10.7. The maximum Gasteiger partial charge on any atom is 0.136 e. The third-order valence-corrected chi connectivity index (χ3v) is 2.90. The van der Waals surface area contributed by atoms with Gasteiger partial charge in [-0.05, 0) is 30.5 Å². The Morgan fingerprint density at radius 2 is 2.13 bits per heavy atom. The smallest absolute Gasteiger partial charge is 0.136 e. The van der Waals surface area contributed by atoms with Crippen molar-refractivity contribution in [3.63, 3.8) is 0 Å². The standard InChI is InChI=1S/C13H13ClO/c14-12-3-1-2-11(9-12)8-10-4-6-13(15)7-5-10/h1-4,9H,5-8H2. The van der Waals surface area contributed by atoms with Crippen LogP contribution >= 0.6 is 11.6 Å². The highest BCUT2D eigenvalue weighted by molar-refractivity contribution is 6.30. The number of halogens is 1. The monoisotopic (exact) mass is 220 g/mol. The summed E-state index contributed by atoms with van der Waals surface area (Å²) >= 11 is 5.91. The van der Waals surface area contributed by atoms with Crippen molar-refractivity contribution in [1.29, 1.82) is 0 Å². The van der Waals surface area contributed by atoms with Crippen LogP contribution < -0.4 is 0 Å². The molecule has 0 saturated carbocycles.